The van der Waals surface area contributed by atoms with Gasteiger partial charge in [-0.15, -0.1) is 0 Å². The van der Waals surface area contributed by atoms with Gasteiger partial charge in [-0.3, -0.25) is 4.79 Å². The SMILES string of the molecule is Cc1cccc2nc(C(=O)NCCC(C)C)cn12. The van der Waals surface area contributed by atoms with Crippen LogP contribution in [0.3, 0.4) is 0 Å². The number of nitrogens with zero attached hydrogens (tertiary/aromatic N) is 2. The van der Waals surface area contributed by atoms with E-state index in [-0.39, 0.29) is 5.91 Å². The highest BCUT2D eigenvalue weighted by Gasteiger charge is 2.10. The van der Waals surface area contributed by atoms with Crippen molar-refractivity contribution in [1.82, 2.24) is 14.7 Å². The number of pyridine rings is 1. The van der Waals surface area contributed by atoms with Gasteiger partial charge < -0.3 is 9.72 Å². The number of imidazole rings is 1. The second-order valence-electron chi connectivity index (χ2n) is 4.96. The molecule has 2 heterocycles. The Morgan fingerprint density at radius 3 is 2.89 bits per heavy atom. The summed E-state index contributed by atoms with van der Waals surface area (Å²) in [6.45, 7) is 6.97. The monoisotopic (exact) mass is 245 g/mol. The lowest BCUT2D eigenvalue weighted by atomic mass is 10.1. The molecule has 4 nitrogen and oxygen atoms in total. The number of aromatic nitrogens is 2. The first-order valence-corrected chi connectivity index (χ1v) is 6.31. The van der Waals surface area contributed by atoms with Gasteiger partial charge >= 0.3 is 0 Å². The molecule has 0 spiro atoms. The molecule has 96 valence electrons. The highest BCUT2D eigenvalue weighted by molar-refractivity contribution is 5.92. The third kappa shape index (κ3) is 2.70. The highest BCUT2D eigenvalue weighted by Crippen LogP contribution is 2.08. The maximum absolute atomic E-state index is 11.9. The molecular weight excluding hydrogens is 226 g/mol. The number of carbonyl (C=O) groups is 1. The minimum Gasteiger partial charge on any atom is -0.351 e. The molecule has 0 fully saturated rings. The molecule has 0 saturated heterocycles. The second-order valence-corrected chi connectivity index (χ2v) is 4.96. The van der Waals surface area contributed by atoms with Crippen LogP contribution < -0.4 is 5.32 Å². The van der Waals surface area contributed by atoms with Crippen molar-refractivity contribution in [3.05, 3.63) is 35.8 Å². The molecule has 2 aromatic heterocycles. The summed E-state index contributed by atoms with van der Waals surface area (Å²) in [7, 11) is 0. The van der Waals surface area contributed by atoms with Gasteiger partial charge in [-0.05, 0) is 31.4 Å². The molecule has 2 aromatic rings. The number of carbonyl (C=O) groups excluding carboxylic acids is 1. The fraction of sp³-hybridized carbons (Fsp3) is 0.429. The standard InChI is InChI=1S/C14H19N3O/c1-10(2)7-8-15-14(18)12-9-17-11(3)5-4-6-13(17)16-12/h4-6,9-10H,7-8H2,1-3H3,(H,15,18). The zero-order valence-electron chi connectivity index (χ0n) is 11.1. The van der Waals surface area contributed by atoms with Crippen molar-refractivity contribution < 1.29 is 4.79 Å². The lowest BCUT2D eigenvalue weighted by molar-refractivity contribution is 0.0947. The molecule has 0 aliphatic carbocycles. The van der Waals surface area contributed by atoms with E-state index in [0.29, 0.717) is 18.2 Å². The molecular formula is C14H19N3O. The van der Waals surface area contributed by atoms with E-state index >= 15 is 0 Å². The van der Waals surface area contributed by atoms with Crippen LogP contribution in [0, 0.1) is 12.8 Å². The number of fused-ring (bicyclic) bond motifs is 1. The topological polar surface area (TPSA) is 46.4 Å². The second kappa shape index (κ2) is 5.21. The molecule has 0 bridgehead atoms. The van der Waals surface area contributed by atoms with E-state index in [1.54, 1.807) is 6.20 Å². The van der Waals surface area contributed by atoms with Crippen molar-refractivity contribution >= 4 is 11.6 Å². The predicted molar refractivity (Wildman–Crippen MR) is 71.7 cm³/mol. The van der Waals surface area contributed by atoms with Crippen LogP contribution in [0.1, 0.15) is 36.5 Å². The molecule has 18 heavy (non-hydrogen) atoms. The van der Waals surface area contributed by atoms with Crippen LogP contribution in [0.5, 0.6) is 0 Å². The first kappa shape index (κ1) is 12.6. The fourth-order valence-corrected chi connectivity index (χ4v) is 1.82. The normalized spacial score (nSPS) is 11.1. The van der Waals surface area contributed by atoms with Gasteiger partial charge in [0, 0.05) is 18.4 Å². The summed E-state index contributed by atoms with van der Waals surface area (Å²) in [6, 6.07) is 5.84. The molecule has 0 saturated carbocycles. The summed E-state index contributed by atoms with van der Waals surface area (Å²) >= 11 is 0. The summed E-state index contributed by atoms with van der Waals surface area (Å²) in [4.78, 5) is 16.2. The van der Waals surface area contributed by atoms with Gasteiger partial charge in [-0.1, -0.05) is 19.9 Å². The van der Waals surface area contributed by atoms with Crippen molar-refractivity contribution in [2.45, 2.75) is 27.2 Å². The van der Waals surface area contributed by atoms with Gasteiger partial charge in [0.15, 0.2) is 0 Å². The van der Waals surface area contributed by atoms with Crippen LogP contribution in [0.4, 0.5) is 0 Å². The number of amides is 1. The lowest BCUT2D eigenvalue weighted by Crippen LogP contribution is -2.25. The van der Waals surface area contributed by atoms with E-state index in [4.69, 9.17) is 0 Å². The van der Waals surface area contributed by atoms with Crippen LogP contribution in [0.2, 0.25) is 0 Å². The van der Waals surface area contributed by atoms with Gasteiger partial charge in [0.05, 0.1) is 0 Å². The van der Waals surface area contributed by atoms with Crippen molar-refractivity contribution in [2.24, 2.45) is 5.92 Å². The fourth-order valence-electron chi connectivity index (χ4n) is 1.82. The van der Waals surface area contributed by atoms with Crippen LogP contribution in [0.15, 0.2) is 24.4 Å². The quantitative estimate of drug-likeness (QED) is 0.899. The zero-order valence-corrected chi connectivity index (χ0v) is 11.1. The number of hydrogen-bond donors (Lipinski definition) is 1. The largest absolute Gasteiger partial charge is 0.351 e. The molecule has 2 rings (SSSR count). The Hall–Kier alpha value is -1.84. The Morgan fingerprint density at radius 2 is 2.22 bits per heavy atom. The molecule has 0 aromatic carbocycles. The third-order valence-electron chi connectivity index (χ3n) is 2.94. The maximum atomic E-state index is 11.9. The summed E-state index contributed by atoms with van der Waals surface area (Å²) < 4.78 is 1.93. The summed E-state index contributed by atoms with van der Waals surface area (Å²) in [5.74, 6) is 0.493. The first-order chi connectivity index (χ1) is 8.58. The minimum atomic E-state index is -0.0984. The van der Waals surface area contributed by atoms with Crippen LogP contribution >= 0.6 is 0 Å². The summed E-state index contributed by atoms with van der Waals surface area (Å²) in [5.41, 5.74) is 2.36. The number of hydrogen-bond acceptors (Lipinski definition) is 2. The van der Waals surface area contributed by atoms with Crippen molar-refractivity contribution in [3.63, 3.8) is 0 Å². The van der Waals surface area contributed by atoms with Gasteiger partial charge in [0.1, 0.15) is 11.3 Å². The first-order valence-electron chi connectivity index (χ1n) is 6.31. The van der Waals surface area contributed by atoms with Gasteiger partial charge in [0.25, 0.3) is 5.91 Å². The Bertz CT molecular complexity index is 557. The van der Waals surface area contributed by atoms with Crippen LogP contribution in [0.25, 0.3) is 5.65 Å². The van der Waals surface area contributed by atoms with E-state index in [2.05, 4.69) is 24.1 Å². The Balaban J connectivity index is 2.11. The highest BCUT2D eigenvalue weighted by atomic mass is 16.1. The van der Waals surface area contributed by atoms with Crippen molar-refractivity contribution in [2.75, 3.05) is 6.54 Å². The van der Waals surface area contributed by atoms with E-state index in [9.17, 15) is 4.79 Å². The average Bonchev–Trinajstić information content (AvgIpc) is 2.74. The van der Waals surface area contributed by atoms with Gasteiger partial charge in [-0.2, -0.15) is 0 Å². The predicted octanol–water partition coefficient (Wildman–Crippen LogP) is 2.42. The third-order valence-corrected chi connectivity index (χ3v) is 2.94. The van der Waals surface area contributed by atoms with E-state index in [1.165, 1.54) is 0 Å². The van der Waals surface area contributed by atoms with Gasteiger partial charge in [-0.25, -0.2) is 4.98 Å². The molecule has 0 aliphatic rings. The van der Waals surface area contributed by atoms with Crippen LogP contribution in [-0.2, 0) is 0 Å². The Labute approximate surface area is 107 Å². The smallest absolute Gasteiger partial charge is 0.271 e. The molecule has 0 radical (unpaired) electrons. The molecule has 1 amide bonds. The zero-order chi connectivity index (χ0) is 13.1. The molecule has 1 N–H and O–H groups in total. The summed E-state index contributed by atoms with van der Waals surface area (Å²) in [6.07, 6.45) is 2.77. The van der Waals surface area contributed by atoms with E-state index in [1.807, 2.05) is 29.5 Å². The van der Waals surface area contributed by atoms with E-state index in [0.717, 1.165) is 17.8 Å². The van der Waals surface area contributed by atoms with Crippen molar-refractivity contribution in [3.8, 4) is 0 Å². The Morgan fingerprint density at radius 1 is 1.44 bits per heavy atom. The number of nitrogens with one attached hydrogen (secondary N) is 1. The Kier molecular flexibility index (Phi) is 3.65. The minimum absolute atomic E-state index is 0.0984. The van der Waals surface area contributed by atoms with Gasteiger partial charge in [0.2, 0.25) is 0 Å². The van der Waals surface area contributed by atoms with Crippen LogP contribution in [-0.4, -0.2) is 21.8 Å². The summed E-state index contributed by atoms with van der Waals surface area (Å²) in [5, 5.41) is 2.90. The maximum Gasteiger partial charge on any atom is 0.271 e. The number of rotatable bonds is 4. The van der Waals surface area contributed by atoms with E-state index < -0.39 is 0 Å². The molecule has 4 heteroatoms. The number of aryl methyl sites for hydroxylation is 1. The molecule has 0 atom stereocenters. The average molecular weight is 245 g/mol. The molecule has 0 unspecified atom stereocenters. The lowest BCUT2D eigenvalue weighted by Gasteiger charge is -2.05. The molecule has 0 aliphatic heterocycles. The van der Waals surface area contributed by atoms with Crippen molar-refractivity contribution in [1.29, 1.82) is 0 Å².